The van der Waals surface area contributed by atoms with Crippen LogP contribution >= 0.6 is 0 Å². The van der Waals surface area contributed by atoms with Crippen LogP contribution in [0.5, 0.6) is 0 Å². The summed E-state index contributed by atoms with van der Waals surface area (Å²) in [5, 5.41) is 22.6. The number of amides is 2. The lowest BCUT2D eigenvalue weighted by atomic mass is 9.99. The molecule has 9 heteroatoms. The Balaban J connectivity index is 2.21. The average molecular weight is 364 g/mol. The highest BCUT2D eigenvalue weighted by molar-refractivity contribution is 6.15. The normalized spacial score (nSPS) is 21.2. The predicted molar refractivity (Wildman–Crippen MR) is 94.1 cm³/mol. The Morgan fingerprint density at radius 2 is 2.15 bits per heavy atom. The summed E-state index contributed by atoms with van der Waals surface area (Å²) in [5.41, 5.74) is 4.10. The van der Waals surface area contributed by atoms with Gasteiger partial charge in [0.05, 0.1) is 32.1 Å². The molecule has 0 aromatic rings. The SMILES string of the molecule is CN/C(C(=O)NC(C)(CO)C(N)=O)=C1/C=C(OCC2COC2)C=CC1=N. The first kappa shape index (κ1) is 19.7. The van der Waals surface area contributed by atoms with Gasteiger partial charge in [-0.3, -0.25) is 9.59 Å². The van der Waals surface area contributed by atoms with Crippen molar-refractivity contribution in [2.75, 3.05) is 33.5 Å². The fourth-order valence-electron chi connectivity index (χ4n) is 2.28. The van der Waals surface area contributed by atoms with E-state index in [1.165, 1.54) is 20.0 Å². The number of hydrogen-bond acceptors (Lipinski definition) is 7. The van der Waals surface area contributed by atoms with E-state index in [9.17, 15) is 14.7 Å². The number of rotatable bonds is 8. The summed E-state index contributed by atoms with van der Waals surface area (Å²) in [7, 11) is 1.52. The minimum Gasteiger partial charge on any atom is -0.493 e. The molecule has 0 spiro atoms. The Hall–Kier alpha value is -2.65. The van der Waals surface area contributed by atoms with E-state index < -0.39 is 24.0 Å². The van der Waals surface area contributed by atoms with Crippen LogP contribution in [-0.2, 0) is 19.1 Å². The van der Waals surface area contributed by atoms with Crippen molar-refractivity contribution in [2.24, 2.45) is 11.7 Å². The third-order valence-corrected chi connectivity index (χ3v) is 4.18. The second-order valence-electron chi connectivity index (χ2n) is 6.36. The average Bonchev–Trinajstić information content (AvgIpc) is 2.56. The van der Waals surface area contributed by atoms with Crippen LogP contribution in [0.2, 0.25) is 0 Å². The maximum atomic E-state index is 12.6. The molecule has 1 heterocycles. The zero-order valence-electron chi connectivity index (χ0n) is 14.8. The molecule has 1 aliphatic carbocycles. The van der Waals surface area contributed by atoms with Gasteiger partial charge in [0.15, 0.2) is 0 Å². The van der Waals surface area contributed by atoms with Crippen LogP contribution in [0.3, 0.4) is 0 Å². The zero-order chi connectivity index (χ0) is 19.3. The smallest absolute Gasteiger partial charge is 0.268 e. The van der Waals surface area contributed by atoms with Crippen LogP contribution in [0.15, 0.2) is 35.3 Å². The lowest BCUT2D eigenvalue weighted by Gasteiger charge is -2.27. The van der Waals surface area contributed by atoms with Crippen LogP contribution in [0.25, 0.3) is 0 Å². The number of likely N-dealkylation sites (N-methyl/N-ethyl adjacent to an activating group) is 1. The summed E-state index contributed by atoms with van der Waals surface area (Å²) in [5.74, 6) is -0.676. The van der Waals surface area contributed by atoms with Crippen molar-refractivity contribution in [2.45, 2.75) is 12.5 Å². The lowest BCUT2D eigenvalue weighted by molar-refractivity contribution is -0.131. The molecule has 0 bridgehead atoms. The highest BCUT2D eigenvalue weighted by Gasteiger charge is 2.34. The van der Waals surface area contributed by atoms with Gasteiger partial charge in [-0.1, -0.05) is 0 Å². The van der Waals surface area contributed by atoms with Gasteiger partial charge in [-0.2, -0.15) is 0 Å². The molecule has 2 aliphatic rings. The number of carbonyl (C=O) groups excluding carboxylic acids is 2. The number of primary amides is 1. The molecule has 1 aliphatic heterocycles. The number of carbonyl (C=O) groups is 2. The Kier molecular flexibility index (Phi) is 6.17. The summed E-state index contributed by atoms with van der Waals surface area (Å²) in [6.07, 6.45) is 4.75. The van der Waals surface area contributed by atoms with Crippen LogP contribution in [0.1, 0.15) is 6.92 Å². The van der Waals surface area contributed by atoms with Gasteiger partial charge in [0, 0.05) is 18.5 Å². The topological polar surface area (TPSA) is 147 Å². The van der Waals surface area contributed by atoms with E-state index in [0.29, 0.717) is 37.1 Å². The number of aliphatic hydroxyl groups excluding tert-OH is 1. The number of nitrogens with one attached hydrogen (secondary N) is 3. The molecule has 0 radical (unpaired) electrons. The Bertz CT molecular complexity index is 693. The number of allylic oxidation sites excluding steroid dienone is 4. The van der Waals surface area contributed by atoms with E-state index in [4.69, 9.17) is 20.6 Å². The molecule has 1 saturated heterocycles. The van der Waals surface area contributed by atoms with Gasteiger partial charge in [0.1, 0.15) is 17.0 Å². The van der Waals surface area contributed by atoms with Crippen molar-refractivity contribution in [1.82, 2.24) is 10.6 Å². The van der Waals surface area contributed by atoms with Crippen LogP contribution in [0, 0.1) is 11.3 Å². The maximum absolute atomic E-state index is 12.6. The molecule has 0 aromatic carbocycles. The van der Waals surface area contributed by atoms with Crippen molar-refractivity contribution in [3.63, 3.8) is 0 Å². The third kappa shape index (κ3) is 4.30. The van der Waals surface area contributed by atoms with E-state index in [1.54, 1.807) is 12.2 Å². The molecule has 2 rings (SSSR count). The van der Waals surface area contributed by atoms with E-state index >= 15 is 0 Å². The van der Waals surface area contributed by atoms with Crippen LogP contribution in [0.4, 0.5) is 0 Å². The highest BCUT2D eigenvalue weighted by atomic mass is 16.5. The summed E-state index contributed by atoms with van der Waals surface area (Å²) < 4.78 is 10.8. The van der Waals surface area contributed by atoms with Gasteiger partial charge in [-0.05, 0) is 25.2 Å². The molecular formula is C17H24N4O5. The van der Waals surface area contributed by atoms with Gasteiger partial charge in [-0.25, -0.2) is 0 Å². The first-order chi connectivity index (χ1) is 12.3. The van der Waals surface area contributed by atoms with Gasteiger partial charge in [0.2, 0.25) is 5.91 Å². The fraction of sp³-hybridized carbons (Fsp3) is 0.471. The molecule has 9 nitrogen and oxygen atoms in total. The maximum Gasteiger partial charge on any atom is 0.268 e. The minimum absolute atomic E-state index is 0.0633. The lowest BCUT2D eigenvalue weighted by Crippen LogP contribution is -2.58. The molecule has 1 unspecified atom stereocenters. The summed E-state index contributed by atoms with van der Waals surface area (Å²) in [4.78, 5) is 24.1. The summed E-state index contributed by atoms with van der Waals surface area (Å²) >= 11 is 0. The molecule has 26 heavy (non-hydrogen) atoms. The van der Waals surface area contributed by atoms with E-state index in [0.717, 1.165) is 0 Å². The first-order valence-electron chi connectivity index (χ1n) is 8.15. The number of aliphatic hydroxyl groups is 1. The fourth-order valence-corrected chi connectivity index (χ4v) is 2.28. The van der Waals surface area contributed by atoms with Crippen molar-refractivity contribution in [3.05, 3.63) is 35.3 Å². The summed E-state index contributed by atoms with van der Waals surface area (Å²) in [6.45, 7) is 2.48. The first-order valence-corrected chi connectivity index (χ1v) is 8.15. The number of nitrogens with two attached hydrogens (primary N) is 1. The number of hydrogen-bond donors (Lipinski definition) is 5. The zero-order valence-corrected chi connectivity index (χ0v) is 14.8. The van der Waals surface area contributed by atoms with Crippen molar-refractivity contribution in [1.29, 1.82) is 5.41 Å². The van der Waals surface area contributed by atoms with Crippen molar-refractivity contribution in [3.8, 4) is 0 Å². The van der Waals surface area contributed by atoms with Gasteiger partial charge in [0.25, 0.3) is 5.91 Å². The quantitative estimate of drug-likeness (QED) is 0.347. The monoisotopic (exact) mass is 364 g/mol. The van der Waals surface area contributed by atoms with Crippen LogP contribution < -0.4 is 16.4 Å². The van der Waals surface area contributed by atoms with Crippen molar-refractivity contribution >= 4 is 17.5 Å². The predicted octanol–water partition coefficient (Wildman–Crippen LogP) is -1.05. The molecule has 2 amide bonds. The Morgan fingerprint density at radius 1 is 1.46 bits per heavy atom. The highest BCUT2D eigenvalue weighted by Crippen LogP contribution is 2.20. The molecule has 0 aromatic heterocycles. The number of ether oxygens (including phenoxy) is 2. The van der Waals surface area contributed by atoms with Gasteiger partial charge >= 0.3 is 0 Å². The second-order valence-corrected chi connectivity index (χ2v) is 6.36. The summed E-state index contributed by atoms with van der Waals surface area (Å²) in [6, 6.07) is 0. The van der Waals surface area contributed by atoms with Crippen LogP contribution in [-0.4, -0.2) is 61.6 Å². The largest absolute Gasteiger partial charge is 0.493 e. The molecule has 1 fully saturated rings. The molecule has 0 saturated carbocycles. The standard InChI is InChI=1S/C17H24N4O5/c1-17(9-22,16(19)24)21-15(23)14(20-2)12-5-11(3-4-13(12)18)26-8-10-6-25-7-10/h3-5,10,18,20,22H,6-9H2,1-2H3,(H2,19,24)(H,21,23)/b14-12-,18-13?. The molecule has 6 N–H and O–H groups in total. The Labute approximate surface area is 151 Å². The Morgan fingerprint density at radius 3 is 2.65 bits per heavy atom. The molecule has 142 valence electrons. The van der Waals surface area contributed by atoms with E-state index in [2.05, 4.69) is 10.6 Å². The molecular weight excluding hydrogens is 340 g/mol. The van der Waals surface area contributed by atoms with E-state index in [-0.39, 0.29) is 11.4 Å². The van der Waals surface area contributed by atoms with Crippen molar-refractivity contribution < 1.29 is 24.2 Å². The second kappa shape index (κ2) is 8.15. The van der Waals surface area contributed by atoms with E-state index in [1.807, 2.05) is 0 Å². The molecule has 1 atom stereocenters. The van der Waals surface area contributed by atoms with Gasteiger partial charge in [-0.15, -0.1) is 0 Å². The van der Waals surface area contributed by atoms with Gasteiger partial charge < -0.3 is 36.4 Å². The minimum atomic E-state index is -1.61. The third-order valence-electron chi connectivity index (χ3n) is 4.18.